The standard InChI is InChI=1S/C30H45N3O7/c1-4-6-12-31(13-7-5-2)27(35)19-33-18-22(21-16-24(38-3)29-25(17-21)39-20-40-29)28(30(36)37)23(33)11-15-32-14-9-8-10-26(32)34/h16-17,22-23,28H,4-15,18-20H2,1-3H3,(H,36,37)/t22-,23-,28+/m1/s1. The van der Waals surface area contributed by atoms with Crippen molar-refractivity contribution in [2.45, 2.75) is 77.2 Å². The molecule has 222 valence electrons. The van der Waals surface area contributed by atoms with Gasteiger partial charge in [-0.15, -0.1) is 0 Å². The van der Waals surface area contributed by atoms with Gasteiger partial charge in [0.1, 0.15) is 0 Å². The number of carboxylic acid groups (broad SMARTS) is 1. The number of benzene rings is 1. The number of fused-ring (bicyclic) bond motifs is 1. The summed E-state index contributed by atoms with van der Waals surface area (Å²) >= 11 is 0. The number of hydrogen-bond acceptors (Lipinski definition) is 7. The third kappa shape index (κ3) is 6.82. The number of rotatable bonds is 14. The number of hydrogen-bond donors (Lipinski definition) is 1. The van der Waals surface area contributed by atoms with E-state index in [0.29, 0.717) is 62.8 Å². The first-order valence-corrected chi connectivity index (χ1v) is 14.9. The topological polar surface area (TPSA) is 109 Å². The molecule has 10 nitrogen and oxygen atoms in total. The van der Waals surface area contributed by atoms with Gasteiger partial charge in [0.25, 0.3) is 0 Å². The molecule has 3 aliphatic heterocycles. The number of piperidine rings is 1. The lowest BCUT2D eigenvalue weighted by Crippen LogP contribution is -2.46. The van der Waals surface area contributed by atoms with Gasteiger partial charge in [0, 0.05) is 51.1 Å². The Morgan fingerprint density at radius 3 is 2.52 bits per heavy atom. The highest BCUT2D eigenvalue weighted by Crippen LogP contribution is 2.47. The number of carboxylic acids is 1. The summed E-state index contributed by atoms with van der Waals surface area (Å²) in [5.41, 5.74) is 0.788. The summed E-state index contributed by atoms with van der Waals surface area (Å²) in [7, 11) is 1.55. The minimum atomic E-state index is -0.902. The monoisotopic (exact) mass is 559 g/mol. The molecular formula is C30H45N3O7. The molecule has 0 bridgehead atoms. The van der Waals surface area contributed by atoms with E-state index in [1.54, 1.807) is 7.11 Å². The third-order valence-corrected chi connectivity index (χ3v) is 8.51. The van der Waals surface area contributed by atoms with Gasteiger partial charge in [-0.2, -0.15) is 0 Å². The highest BCUT2D eigenvalue weighted by atomic mass is 16.7. The fourth-order valence-corrected chi connectivity index (χ4v) is 6.27. The van der Waals surface area contributed by atoms with E-state index in [-0.39, 0.29) is 31.1 Å². The molecule has 2 amide bonds. The minimum Gasteiger partial charge on any atom is -0.493 e. The molecule has 0 spiro atoms. The Bertz CT molecular complexity index is 1040. The first kappa shape index (κ1) is 30.0. The van der Waals surface area contributed by atoms with E-state index in [0.717, 1.165) is 44.1 Å². The Labute approximate surface area is 237 Å². The Morgan fingerprint density at radius 1 is 1.12 bits per heavy atom. The Balaban J connectivity index is 1.62. The lowest BCUT2D eigenvalue weighted by molar-refractivity contribution is -0.144. The molecule has 40 heavy (non-hydrogen) atoms. The van der Waals surface area contributed by atoms with Crippen molar-refractivity contribution in [2.24, 2.45) is 5.92 Å². The van der Waals surface area contributed by atoms with Gasteiger partial charge in [0.15, 0.2) is 11.5 Å². The van der Waals surface area contributed by atoms with Gasteiger partial charge < -0.3 is 29.1 Å². The molecule has 0 saturated carbocycles. The molecule has 3 atom stereocenters. The predicted octanol–water partition coefficient (Wildman–Crippen LogP) is 3.72. The lowest BCUT2D eigenvalue weighted by atomic mass is 9.84. The van der Waals surface area contributed by atoms with E-state index in [2.05, 4.69) is 13.8 Å². The number of carbonyl (C=O) groups is 3. The summed E-state index contributed by atoms with van der Waals surface area (Å²) in [5.74, 6) is -0.312. The van der Waals surface area contributed by atoms with Gasteiger partial charge in [-0.25, -0.2) is 0 Å². The van der Waals surface area contributed by atoms with Crippen LogP contribution in [0.25, 0.3) is 0 Å². The molecule has 0 aromatic heterocycles. The maximum absolute atomic E-state index is 13.6. The van der Waals surface area contributed by atoms with Gasteiger partial charge in [0.2, 0.25) is 24.4 Å². The minimum absolute atomic E-state index is 0.0361. The Hall–Kier alpha value is -3.01. The van der Waals surface area contributed by atoms with Crippen LogP contribution < -0.4 is 14.2 Å². The van der Waals surface area contributed by atoms with Crippen LogP contribution >= 0.6 is 0 Å². The molecule has 1 N–H and O–H groups in total. The fraction of sp³-hybridized carbons (Fsp3) is 0.700. The molecule has 2 fully saturated rings. The number of amides is 2. The first-order chi connectivity index (χ1) is 19.4. The lowest BCUT2D eigenvalue weighted by Gasteiger charge is -2.32. The summed E-state index contributed by atoms with van der Waals surface area (Å²) in [5, 5.41) is 10.5. The highest BCUT2D eigenvalue weighted by molar-refractivity contribution is 5.79. The van der Waals surface area contributed by atoms with E-state index in [1.807, 2.05) is 26.8 Å². The highest BCUT2D eigenvalue weighted by Gasteiger charge is 2.48. The normalized spacial score (nSPS) is 22.5. The molecule has 1 aromatic rings. The van der Waals surface area contributed by atoms with Crippen molar-refractivity contribution >= 4 is 17.8 Å². The van der Waals surface area contributed by atoms with E-state index < -0.39 is 17.9 Å². The SMILES string of the molecule is CCCCN(CCCC)C(=O)CN1C[C@H](c2cc(OC)c3c(c2)OCO3)[C@H](C(=O)O)[C@H]1CCN1CCCCC1=O. The zero-order valence-corrected chi connectivity index (χ0v) is 24.2. The van der Waals surface area contributed by atoms with Crippen LogP contribution in [0.2, 0.25) is 0 Å². The second-order valence-corrected chi connectivity index (χ2v) is 11.1. The van der Waals surface area contributed by atoms with Crippen LogP contribution in [0.4, 0.5) is 0 Å². The average molecular weight is 560 g/mol. The second-order valence-electron chi connectivity index (χ2n) is 11.1. The summed E-state index contributed by atoms with van der Waals surface area (Å²) in [6, 6.07) is 3.28. The van der Waals surface area contributed by atoms with Crippen LogP contribution in [0.1, 0.15) is 76.7 Å². The smallest absolute Gasteiger partial charge is 0.308 e. The molecule has 0 aliphatic carbocycles. The molecular weight excluding hydrogens is 514 g/mol. The maximum Gasteiger partial charge on any atom is 0.308 e. The summed E-state index contributed by atoms with van der Waals surface area (Å²) in [6.07, 6.45) is 6.78. The molecule has 3 aliphatic rings. The number of methoxy groups -OCH3 is 1. The van der Waals surface area contributed by atoms with Crippen molar-refractivity contribution in [1.82, 2.24) is 14.7 Å². The van der Waals surface area contributed by atoms with Crippen LogP contribution in [-0.2, 0) is 14.4 Å². The molecule has 10 heteroatoms. The number of aliphatic carboxylic acids is 1. The quantitative estimate of drug-likeness (QED) is 0.367. The third-order valence-electron chi connectivity index (χ3n) is 8.51. The molecule has 1 aromatic carbocycles. The van der Waals surface area contributed by atoms with Crippen molar-refractivity contribution < 1.29 is 33.7 Å². The van der Waals surface area contributed by atoms with Crippen molar-refractivity contribution in [3.8, 4) is 17.2 Å². The van der Waals surface area contributed by atoms with Crippen LogP contribution in [0.3, 0.4) is 0 Å². The van der Waals surface area contributed by atoms with E-state index in [4.69, 9.17) is 14.2 Å². The first-order valence-electron chi connectivity index (χ1n) is 14.9. The van der Waals surface area contributed by atoms with Crippen molar-refractivity contribution in [1.29, 1.82) is 0 Å². The maximum atomic E-state index is 13.6. The van der Waals surface area contributed by atoms with Gasteiger partial charge in [-0.1, -0.05) is 26.7 Å². The molecule has 3 heterocycles. The van der Waals surface area contributed by atoms with Gasteiger partial charge >= 0.3 is 5.97 Å². The van der Waals surface area contributed by atoms with Crippen molar-refractivity contribution in [3.05, 3.63) is 17.7 Å². The average Bonchev–Trinajstić information content (AvgIpc) is 3.57. The number of nitrogens with zero attached hydrogens (tertiary/aromatic N) is 3. The van der Waals surface area contributed by atoms with Crippen LogP contribution in [0.5, 0.6) is 17.2 Å². The summed E-state index contributed by atoms with van der Waals surface area (Å²) in [6.45, 7) is 7.50. The second kappa shape index (κ2) is 14.1. The van der Waals surface area contributed by atoms with E-state index in [9.17, 15) is 19.5 Å². The number of ether oxygens (including phenoxy) is 3. The molecule has 2 saturated heterocycles. The Kier molecular flexibility index (Phi) is 10.5. The Morgan fingerprint density at radius 2 is 1.88 bits per heavy atom. The van der Waals surface area contributed by atoms with Crippen molar-refractivity contribution in [3.63, 3.8) is 0 Å². The predicted molar refractivity (Wildman–Crippen MR) is 150 cm³/mol. The number of carbonyl (C=O) groups excluding carboxylic acids is 2. The molecule has 0 unspecified atom stereocenters. The number of unbranched alkanes of at least 4 members (excludes halogenated alkanes) is 2. The van der Waals surface area contributed by atoms with Crippen LogP contribution in [0, 0.1) is 5.92 Å². The van der Waals surface area contributed by atoms with E-state index >= 15 is 0 Å². The zero-order chi connectivity index (χ0) is 28.6. The van der Waals surface area contributed by atoms with Gasteiger partial charge in [0.05, 0.1) is 19.6 Å². The van der Waals surface area contributed by atoms with Crippen molar-refractivity contribution in [2.75, 3.05) is 53.2 Å². The van der Waals surface area contributed by atoms with Gasteiger partial charge in [-0.3, -0.25) is 19.3 Å². The summed E-state index contributed by atoms with van der Waals surface area (Å²) in [4.78, 5) is 44.8. The molecule has 4 rings (SSSR count). The van der Waals surface area contributed by atoms with Gasteiger partial charge in [-0.05, 0) is 49.8 Å². The van der Waals surface area contributed by atoms with Crippen LogP contribution in [-0.4, -0.2) is 96.8 Å². The van der Waals surface area contributed by atoms with E-state index in [1.165, 1.54) is 0 Å². The largest absolute Gasteiger partial charge is 0.493 e. The summed E-state index contributed by atoms with van der Waals surface area (Å²) < 4.78 is 16.7. The zero-order valence-electron chi connectivity index (χ0n) is 24.2. The van der Waals surface area contributed by atoms with Crippen LogP contribution in [0.15, 0.2) is 12.1 Å². The fourth-order valence-electron chi connectivity index (χ4n) is 6.27. The molecule has 0 radical (unpaired) electrons. The number of likely N-dealkylation sites (tertiary alicyclic amines) is 2.